The number of carbonyl (C=O) groups excluding carboxylic acids is 1. The van der Waals surface area contributed by atoms with Gasteiger partial charge in [-0.1, -0.05) is 6.92 Å². The van der Waals surface area contributed by atoms with Crippen LogP contribution in [0.2, 0.25) is 0 Å². The predicted molar refractivity (Wildman–Crippen MR) is 124 cm³/mol. The topological polar surface area (TPSA) is 84.7 Å². The standard InChI is InChI=1S/C26H25F2N3O4/c1-2-26(34)10-23(32)35-13-17-18(26)8-22-24-16(12-31(22)25(17)33)15(11-30-5-3-4-6-30)14-7-19(27)20(28)9-21(14)29-24/h7-9,34H,2-6,10-13H2,1H3. The molecule has 0 radical (unpaired) electrons. The molecule has 3 aliphatic heterocycles. The first-order valence-corrected chi connectivity index (χ1v) is 12.0. The lowest BCUT2D eigenvalue weighted by Crippen LogP contribution is -2.32. The number of fused-ring (bicyclic) bond motifs is 5. The Balaban J connectivity index is 1.61. The fourth-order valence-electron chi connectivity index (χ4n) is 5.70. The van der Waals surface area contributed by atoms with Gasteiger partial charge >= 0.3 is 5.97 Å². The summed E-state index contributed by atoms with van der Waals surface area (Å²) < 4.78 is 35.3. The molecule has 1 atom stereocenters. The second-order valence-corrected chi connectivity index (χ2v) is 9.72. The Morgan fingerprint density at radius 3 is 2.60 bits per heavy atom. The van der Waals surface area contributed by atoms with Crippen molar-refractivity contribution in [2.45, 2.75) is 57.9 Å². The molecule has 2 aromatic heterocycles. The summed E-state index contributed by atoms with van der Waals surface area (Å²) in [5.41, 5.74) is 1.69. The predicted octanol–water partition coefficient (Wildman–Crippen LogP) is 3.34. The summed E-state index contributed by atoms with van der Waals surface area (Å²) in [6, 6.07) is 4.00. The molecular formula is C26H25F2N3O4. The molecule has 0 aliphatic carbocycles. The van der Waals surface area contributed by atoms with Gasteiger partial charge in [0.1, 0.15) is 12.2 Å². The van der Waals surface area contributed by atoms with Crippen LogP contribution in [-0.4, -0.2) is 38.6 Å². The van der Waals surface area contributed by atoms with Crippen molar-refractivity contribution in [1.29, 1.82) is 0 Å². The van der Waals surface area contributed by atoms with Gasteiger partial charge in [0.25, 0.3) is 5.56 Å². The number of rotatable bonds is 3. The van der Waals surface area contributed by atoms with Gasteiger partial charge in [-0.3, -0.25) is 14.5 Å². The summed E-state index contributed by atoms with van der Waals surface area (Å²) >= 11 is 0. The Bertz CT molecular complexity index is 1460. The molecule has 1 aromatic carbocycles. The number of carbonyl (C=O) groups is 1. The van der Waals surface area contributed by atoms with E-state index in [0.29, 0.717) is 34.4 Å². The van der Waals surface area contributed by atoms with Crippen LogP contribution in [-0.2, 0) is 34.8 Å². The zero-order valence-corrected chi connectivity index (χ0v) is 19.4. The number of pyridine rings is 2. The van der Waals surface area contributed by atoms with Gasteiger partial charge in [-0.2, -0.15) is 0 Å². The van der Waals surface area contributed by atoms with Crippen molar-refractivity contribution in [3.8, 4) is 11.4 Å². The monoisotopic (exact) mass is 481 g/mol. The van der Waals surface area contributed by atoms with Gasteiger partial charge in [-0.25, -0.2) is 13.8 Å². The summed E-state index contributed by atoms with van der Waals surface area (Å²) in [6.45, 7) is 4.14. The number of aliphatic hydroxyl groups is 1. The number of esters is 1. The Morgan fingerprint density at radius 2 is 1.86 bits per heavy atom. The van der Waals surface area contributed by atoms with Gasteiger partial charge in [-0.15, -0.1) is 0 Å². The molecule has 0 bridgehead atoms. The molecule has 5 heterocycles. The number of cyclic esters (lactones) is 1. The third kappa shape index (κ3) is 3.40. The van der Waals surface area contributed by atoms with Crippen molar-refractivity contribution in [3.63, 3.8) is 0 Å². The number of likely N-dealkylation sites (tertiary alicyclic amines) is 1. The van der Waals surface area contributed by atoms with E-state index in [0.717, 1.165) is 43.1 Å². The first kappa shape index (κ1) is 22.3. The van der Waals surface area contributed by atoms with E-state index < -0.39 is 23.2 Å². The SMILES string of the molecule is CCC1(O)CC(=O)OCc2c1cc1n(c2=O)Cc2c-1nc1cc(F)c(F)cc1c2CN1CCCC1. The van der Waals surface area contributed by atoms with Crippen LogP contribution in [0.1, 0.15) is 54.9 Å². The van der Waals surface area contributed by atoms with E-state index in [-0.39, 0.29) is 37.1 Å². The van der Waals surface area contributed by atoms with Gasteiger partial charge in [0, 0.05) is 23.6 Å². The van der Waals surface area contributed by atoms with Crippen LogP contribution in [0.3, 0.4) is 0 Å². The van der Waals surface area contributed by atoms with Crippen molar-refractivity contribution in [3.05, 3.63) is 62.4 Å². The Morgan fingerprint density at radius 1 is 1.11 bits per heavy atom. The van der Waals surface area contributed by atoms with Crippen molar-refractivity contribution >= 4 is 16.9 Å². The maximum atomic E-state index is 14.3. The molecule has 3 aliphatic rings. The van der Waals surface area contributed by atoms with Crippen molar-refractivity contribution in [2.75, 3.05) is 13.1 Å². The van der Waals surface area contributed by atoms with Crippen molar-refractivity contribution in [1.82, 2.24) is 14.5 Å². The van der Waals surface area contributed by atoms with E-state index in [1.165, 1.54) is 6.07 Å². The molecule has 0 amide bonds. The maximum Gasteiger partial charge on any atom is 0.309 e. The van der Waals surface area contributed by atoms with Gasteiger partial charge in [0.2, 0.25) is 0 Å². The summed E-state index contributed by atoms with van der Waals surface area (Å²) in [5, 5.41) is 11.8. The molecule has 1 unspecified atom stereocenters. The summed E-state index contributed by atoms with van der Waals surface area (Å²) in [5.74, 6) is -2.48. The Kier molecular flexibility index (Phi) is 5.05. The van der Waals surface area contributed by atoms with E-state index in [2.05, 4.69) is 9.88 Å². The Hall–Kier alpha value is -3.17. The van der Waals surface area contributed by atoms with Crippen LogP contribution in [0, 0.1) is 11.6 Å². The van der Waals surface area contributed by atoms with E-state index in [4.69, 9.17) is 4.74 Å². The van der Waals surface area contributed by atoms with E-state index in [9.17, 15) is 23.5 Å². The smallest absolute Gasteiger partial charge is 0.309 e. The van der Waals surface area contributed by atoms with Crippen LogP contribution in [0.5, 0.6) is 0 Å². The summed E-state index contributed by atoms with van der Waals surface area (Å²) in [6.07, 6.45) is 2.13. The molecule has 6 rings (SSSR count). The van der Waals surface area contributed by atoms with Crippen molar-refractivity contribution < 1.29 is 23.4 Å². The largest absolute Gasteiger partial charge is 0.460 e. The molecule has 0 saturated carbocycles. The molecule has 7 nitrogen and oxygen atoms in total. The molecule has 1 N–H and O–H groups in total. The minimum Gasteiger partial charge on any atom is -0.460 e. The minimum absolute atomic E-state index is 0.210. The highest BCUT2D eigenvalue weighted by atomic mass is 19.2. The number of ether oxygens (including phenoxy) is 1. The molecule has 3 aromatic rings. The molecule has 182 valence electrons. The molecule has 35 heavy (non-hydrogen) atoms. The highest BCUT2D eigenvalue weighted by Crippen LogP contribution is 2.41. The van der Waals surface area contributed by atoms with Gasteiger partial charge in [0.05, 0.1) is 35.4 Å². The van der Waals surface area contributed by atoms with Crippen LogP contribution >= 0.6 is 0 Å². The van der Waals surface area contributed by atoms with E-state index in [1.54, 1.807) is 17.6 Å². The summed E-state index contributed by atoms with van der Waals surface area (Å²) in [4.78, 5) is 32.7. The number of benzene rings is 1. The zero-order chi connectivity index (χ0) is 24.5. The van der Waals surface area contributed by atoms with Crippen LogP contribution in [0.25, 0.3) is 22.3 Å². The number of hydrogen-bond donors (Lipinski definition) is 1. The molecule has 1 saturated heterocycles. The zero-order valence-electron chi connectivity index (χ0n) is 19.4. The fraction of sp³-hybridized carbons (Fsp3) is 0.423. The normalized spacial score (nSPS) is 21.5. The summed E-state index contributed by atoms with van der Waals surface area (Å²) in [7, 11) is 0. The lowest BCUT2D eigenvalue weighted by atomic mass is 9.85. The lowest BCUT2D eigenvalue weighted by Gasteiger charge is -2.26. The second-order valence-electron chi connectivity index (χ2n) is 9.72. The number of nitrogens with zero attached hydrogens (tertiary/aromatic N) is 3. The van der Waals surface area contributed by atoms with Crippen molar-refractivity contribution in [2.24, 2.45) is 0 Å². The number of halogens is 2. The molecule has 9 heteroatoms. The van der Waals surface area contributed by atoms with E-state index >= 15 is 0 Å². The highest BCUT2D eigenvalue weighted by molar-refractivity contribution is 5.88. The van der Waals surface area contributed by atoms with Crippen LogP contribution < -0.4 is 5.56 Å². The van der Waals surface area contributed by atoms with Crippen LogP contribution in [0.4, 0.5) is 8.78 Å². The third-order valence-corrected chi connectivity index (χ3v) is 7.69. The first-order valence-electron chi connectivity index (χ1n) is 12.0. The maximum absolute atomic E-state index is 14.3. The fourth-order valence-corrected chi connectivity index (χ4v) is 5.70. The van der Waals surface area contributed by atoms with Gasteiger partial charge < -0.3 is 14.4 Å². The highest BCUT2D eigenvalue weighted by Gasteiger charge is 2.40. The lowest BCUT2D eigenvalue weighted by molar-refractivity contribution is -0.149. The molecule has 0 spiro atoms. The van der Waals surface area contributed by atoms with E-state index in [1.807, 2.05) is 0 Å². The first-order chi connectivity index (χ1) is 16.8. The average Bonchev–Trinajstić information content (AvgIpc) is 3.44. The third-order valence-electron chi connectivity index (χ3n) is 7.69. The second kappa shape index (κ2) is 7.93. The quantitative estimate of drug-likeness (QED) is 0.452. The minimum atomic E-state index is -1.54. The average molecular weight is 481 g/mol. The molecule has 1 fully saturated rings. The Labute approximate surface area is 200 Å². The van der Waals surface area contributed by atoms with Gasteiger partial charge in [0.15, 0.2) is 11.6 Å². The number of hydrogen-bond acceptors (Lipinski definition) is 6. The van der Waals surface area contributed by atoms with Crippen LogP contribution in [0.15, 0.2) is 23.0 Å². The number of aromatic nitrogens is 2. The molecular weight excluding hydrogens is 456 g/mol. The van der Waals surface area contributed by atoms with Gasteiger partial charge in [-0.05, 0) is 55.6 Å².